The number of halogens is 3. The van der Waals surface area contributed by atoms with Crippen molar-refractivity contribution in [3.05, 3.63) is 29.6 Å². The molecule has 1 aliphatic carbocycles. The Morgan fingerprint density at radius 3 is 2.30 bits per heavy atom. The zero-order chi connectivity index (χ0) is 16.8. The number of carbonyl (C=O) groups is 1. The lowest BCUT2D eigenvalue weighted by Crippen LogP contribution is -2.44. The van der Waals surface area contributed by atoms with Crippen molar-refractivity contribution in [1.82, 2.24) is 5.32 Å². The minimum Gasteiger partial charge on any atom is -0.322 e. The van der Waals surface area contributed by atoms with Gasteiger partial charge in [0.1, 0.15) is 0 Å². The number of nitrogens with one attached hydrogen (secondary N) is 2. The van der Waals surface area contributed by atoms with E-state index in [1.54, 1.807) is 6.92 Å². The molecule has 0 radical (unpaired) electrons. The van der Waals surface area contributed by atoms with Crippen LogP contribution >= 0.6 is 0 Å². The molecule has 0 aliphatic heterocycles. The van der Waals surface area contributed by atoms with E-state index in [0.29, 0.717) is 0 Å². The molecule has 23 heavy (non-hydrogen) atoms. The Kier molecular flexibility index (Phi) is 6.45. The Morgan fingerprint density at radius 1 is 1.04 bits per heavy atom. The van der Waals surface area contributed by atoms with Gasteiger partial charge in [-0.1, -0.05) is 32.1 Å². The summed E-state index contributed by atoms with van der Waals surface area (Å²) in [6, 6.07) is 1.53. The van der Waals surface area contributed by atoms with Crippen molar-refractivity contribution in [2.24, 2.45) is 0 Å². The average molecular weight is 328 g/mol. The van der Waals surface area contributed by atoms with Crippen LogP contribution in [0.3, 0.4) is 0 Å². The molecule has 1 aliphatic rings. The zero-order valence-corrected chi connectivity index (χ0v) is 13.3. The molecule has 2 N–H and O–H groups in total. The fraction of sp³-hybridized carbons (Fsp3) is 0.588. The Bertz CT molecular complexity index is 543. The summed E-state index contributed by atoms with van der Waals surface area (Å²) in [5.41, 5.74) is -0.347. The summed E-state index contributed by atoms with van der Waals surface area (Å²) >= 11 is 0. The van der Waals surface area contributed by atoms with Crippen LogP contribution in [0.4, 0.5) is 18.9 Å². The number of hydrogen-bond acceptors (Lipinski definition) is 2. The minimum absolute atomic E-state index is 0.255. The molecule has 1 fully saturated rings. The molecule has 0 saturated heterocycles. The van der Waals surface area contributed by atoms with Crippen molar-refractivity contribution in [2.45, 2.75) is 64.0 Å². The van der Waals surface area contributed by atoms with Gasteiger partial charge in [0.2, 0.25) is 5.91 Å². The number of amides is 1. The summed E-state index contributed by atoms with van der Waals surface area (Å²) in [6.07, 6.45) is 7.96. The van der Waals surface area contributed by atoms with Crippen LogP contribution in [0.25, 0.3) is 0 Å². The molecule has 1 saturated carbocycles. The summed E-state index contributed by atoms with van der Waals surface area (Å²) < 4.78 is 39.7. The van der Waals surface area contributed by atoms with Crippen molar-refractivity contribution < 1.29 is 18.0 Å². The van der Waals surface area contributed by atoms with Crippen molar-refractivity contribution in [3.63, 3.8) is 0 Å². The van der Waals surface area contributed by atoms with Crippen LogP contribution in [0.2, 0.25) is 0 Å². The molecule has 0 unspecified atom stereocenters. The highest BCUT2D eigenvalue weighted by Gasteiger charge is 2.21. The SMILES string of the molecule is C[C@@H](NC1CCCCCCC1)C(=O)Nc1ccc(F)c(F)c1F. The summed E-state index contributed by atoms with van der Waals surface area (Å²) in [7, 11) is 0. The number of benzene rings is 1. The van der Waals surface area contributed by atoms with E-state index in [2.05, 4.69) is 10.6 Å². The molecule has 2 rings (SSSR count). The van der Waals surface area contributed by atoms with Crippen LogP contribution in [-0.4, -0.2) is 18.0 Å². The Balaban J connectivity index is 1.93. The number of rotatable bonds is 4. The molecule has 1 aromatic carbocycles. The third-order valence-electron chi connectivity index (χ3n) is 4.28. The highest BCUT2D eigenvalue weighted by molar-refractivity contribution is 5.94. The fourth-order valence-corrected chi connectivity index (χ4v) is 2.92. The lowest BCUT2D eigenvalue weighted by atomic mass is 9.96. The predicted molar refractivity (Wildman–Crippen MR) is 83.7 cm³/mol. The third kappa shape index (κ3) is 4.96. The van der Waals surface area contributed by atoms with Gasteiger partial charge in [0, 0.05) is 6.04 Å². The Labute approximate surface area is 134 Å². The second-order valence-electron chi connectivity index (χ2n) is 6.14. The second-order valence-corrected chi connectivity index (χ2v) is 6.14. The van der Waals surface area contributed by atoms with Gasteiger partial charge in [0.05, 0.1) is 11.7 Å². The predicted octanol–water partition coefficient (Wildman–Crippen LogP) is 4.13. The molecule has 0 bridgehead atoms. The summed E-state index contributed by atoms with van der Waals surface area (Å²) in [5, 5.41) is 5.56. The Hall–Kier alpha value is -1.56. The van der Waals surface area contributed by atoms with E-state index >= 15 is 0 Å². The van der Waals surface area contributed by atoms with E-state index in [9.17, 15) is 18.0 Å². The first kappa shape index (κ1) is 17.8. The van der Waals surface area contributed by atoms with Crippen LogP contribution < -0.4 is 10.6 Å². The van der Waals surface area contributed by atoms with E-state index in [4.69, 9.17) is 0 Å². The Morgan fingerprint density at radius 2 is 1.65 bits per heavy atom. The molecule has 1 aromatic rings. The highest BCUT2D eigenvalue weighted by Crippen LogP contribution is 2.20. The average Bonchev–Trinajstić information content (AvgIpc) is 2.50. The maximum absolute atomic E-state index is 13.6. The van der Waals surface area contributed by atoms with Gasteiger partial charge in [0.15, 0.2) is 17.5 Å². The topological polar surface area (TPSA) is 41.1 Å². The summed E-state index contributed by atoms with van der Waals surface area (Å²) in [4.78, 5) is 12.1. The van der Waals surface area contributed by atoms with Crippen LogP contribution in [-0.2, 0) is 4.79 Å². The smallest absolute Gasteiger partial charge is 0.241 e. The van der Waals surface area contributed by atoms with Gasteiger partial charge < -0.3 is 10.6 Å². The van der Waals surface area contributed by atoms with Crippen LogP contribution in [0, 0.1) is 17.5 Å². The monoisotopic (exact) mass is 328 g/mol. The van der Waals surface area contributed by atoms with Gasteiger partial charge in [-0.2, -0.15) is 0 Å². The summed E-state index contributed by atoms with van der Waals surface area (Å²) in [6.45, 7) is 1.69. The molecule has 3 nitrogen and oxygen atoms in total. The number of carbonyl (C=O) groups excluding carboxylic acids is 1. The van der Waals surface area contributed by atoms with Gasteiger partial charge in [-0.25, -0.2) is 13.2 Å². The van der Waals surface area contributed by atoms with Gasteiger partial charge in [-0.3, -0.25) is 4.79 Å². The van der Waals surface area contributed by atoms with E-state index in [1.807, 2.05) is 0 Å². The lowest BCUT2D eigenvalue weighted by molar-refractivity contribution is -0.118. The van der Waals surface area contributed by atoms with E-state index < -0.39 is 29.4 Å². The third-order valence-corrected chi connectivity index (χ3v) is 4.28. The van der Waals surface area contributed by atoms with Crippen molar-refractivity contribution in [2.75, 3.05) is 5.32 Å². The minimum atomic E-state index is -1.58. The van der Waals surface area contributed by atoms with Crippen molar-refractivity contribution >= 4 is 11.6 Å². The molecular formula is C17H23F3N2O. The molecule has 0 spiro atoms. The van der Waals surface area contributed by atoms with Crippen LogP contribution in [0.5, 0.6) is 0 Å². The van der Waals surface area contributed by atoms with Gasteiger partial charge in [-0.15, -0.1) is 0 Å². The van der Waals surface area contributed by atoms with Crippen molar-refractivity contribution in [1.29, 1.82) is 0 Å². The standard InChI is InChI=1S/C17H23F3N2O/c1-11(21-12-7-5-3-2-4-6-8-12)17(23)22-14-10-9-13(18)15(19)16(14)20/h9-12,21H,2-8H2,1H3,(H,22,23)/t11-/m1/s1. The molecular weight excluding hydrogens is 305 g/mol. The van der Waals surface area contributed by atoms with Gasteiger partial charge in [0.25, 0.3) is 0 Å². The van der Waals surface area contributed by atoms with E-state index in [0.717, 1.165) is 37.8 Å². The van der Waals surface area contributed by atoms with Crippen LogP contribution in [0.15, 0.2) is 12.1 Å². The second kappa shape index (κ2) is 8.34. The summed E-state index contributed by atoms with van der Waals surface area (Å²) in [5.74, 6) is -4.70. The molecule has 0 heterocycles. The maximum atomic E-state index is 13.6. The lowest BCUT2D eigenvalue weighted by Gasteiger charge is -2.24. The van der Waals surface area contributed by atoms with Gasteiger partial charge in [-0.05, 0) is 31.9 Å². The number of anilines is 1. The molecule has 6 heteroatoms. The first-order valence-electron chi connectivity index (χ1n) is 8.19. The van der Waals surface area contributed by atoms with E-state index in [1.165, 1.54) is 19.3 Å². The molecule has 1 amide bonds. The maximum Gasteiger partial charge on any atom is 0.241 e. The number of hydrogen-bond donors (Lipinski definition) is 2. The van der Waals surface area contributed by atoms with Gasteiger partial charge >= 0.3 is 0 Å². The zero-order valence-electron chi connectivity index (χ0n) is 13.3. The molecule has 1 atom stereocenters. The molecule has 128 valence electrons. The highest BCUT2D eigenvalue weighted by atomic mass is 19.2. The van der Waals surface area contributed by atoms with Crippen molar-refractivity contribution in [3.8, 4) is 0 Å². The first-order valence-corrected chi connectivity index (χ1v) is 8.19. The van der Waals surface area contributed by atoms with Crippen LogP contribution in [0.1, 0.15) is 51.9 Å². The first-order chi connectivity index (χ1) is 11.0. The molecule has 0 aromatic heterocycles. The fourth-order valence-electron chi connectivity index (χ4n) is 2.92. The normalized spacial score (nSPS) is 18.1. The largest absolute Gasteiger partial charge is 0.322 e. The van der Waals surface area contributed by atoms with E-state index in [-0.39, 0.29) is 11.7 Å². The quantitative estimate of drug-likeness (QED) is 0.816.